The van der Waals surface area contributed by atoms with Crippen molar-refractivity contribution < 1.29 is 22.4 Å². The molecule has 1 aliphatic rings. The fourth-order valence-corrected chi connectivity index (χ4v) is 7.01. The molecule has 1 rings (SSSR count). The molecule has 1 saturated heterocycles. The van der Waals surface area contributed by atoms with Gasteiger partial charge in [0, 0.05) is 0 Å². The highest BCUT2D eigenvalue weighted by molar-refractivity contribution is 6.71. The first-order valence-electron chi connectivity index (χ1n) is 9.69. The molecule has 0 aromatic rings. The first-order valence-corrected chi connectivity index (χ1v) is 23.3. The van der Waals surface area contributed by atoms with Crippen LogP contribution in [0.2, 0.25) is 78.6 Å². The molecule has 26 heavy (non-hydrogen) atoms. The topological polar surface area (TPSA) is 46.2 Å². The van der Waals surface area contributed by atoms with Crippen molar-refractivity contribution in [1.29, 1.82) is 0 Å². The molecule has 9 heteroatoms. The summed E-state index contributed by atoms with van der Waals surface area (Å²) in [5, 5.41) is 0. The molecule has 4 atom stereocenters. The lowest BCUT2D eigenvalue weighted by molar-refractivity contribution is -0.232. The quantitative estimate of drug-likeness (QED) is 0.507. The molecule has 0 aromatic heterocycles. The second-order valence-electron chi connectivity index (χ2n) is 11.1. The van der Waals surface area contributed by atoms with E-state index >= 15 is 0 Å². The number of rotatable bonds is 8. The lowest BCUT2D eigenvalue weighted by atomic mass is 10.1. The van der Waals surface area contributed by atoms with Crippen LogP contribution in [0.1, 0.15) is 0 Å². The number of hydrogen-bond donors (Lipinski definition) is 0. The van der Waals surface area contributed by atoms with Crippen LogP contribution >= 0.6 is 0 Å². The third-order valence-corrected chi connectivity index (χ3v) is 7.24. The third kappa shape index (κ3) is 9.74. The van der Waals surface area contributed by atoms with Gasteiger partial charge in [0.2, 0.25) is 0 Å². The highest BCUT2D eigenvalue weighted by Crippen LogP contribution is 2.31. The molecule has 0 aliphatic carbocycles. The Labute approximate surface area is 165 Å². The van der Waals surface area contributed by atoms with Crippen LogP contribution in [0.15, 0.2) is 0 Å². The van der Waals surface area contributed by atoms with E-state index in [-0.39, 0.29) is 24.6 Å². The smallest absolute Gasteiger partial charge is 0.187 e. The van der Waals surface area contributed by atoms with Crippen LogP contribution in [-0.4, -0.2) is 64.5 Å². The lowest BCUT2D eigenvalue weighted by Gasteiger charge is -2.48. The summed E-state index contributed by atoms with van der Waals surface area (Å²) in [5.41, 5.74) is 0. The molecule has 1 heterocycles. The maximum Gasteiger partial charge on any atom is 0.187 e. The van der Waals surface area contributed by atoms with Gasteiger partial charge in [-0.05, 0) is 78.6 Å². The molecule has 0 radical (unpaired) electrons. The van der Waals surface area contributed by atoms with E-state index < -0.39 is 33.3 Å². The second-order valence-corrected chi connectivity index (χ2v) is 28.9. The standard InChI is InChI=1S/C17H42O5Si4/c1-23(2,3)19-14-13-18-17(22-26(10,11)12)16(21-25(7,8)9)15(14)20-24(4,5)6/h14-17H,13H2,1-12H3. The van der Waals surface area contributed by atoms with Gasteiger partial charge in [-0.15, -0.1) is 0 Å². The zero-order valence-electron chi connectivity index (χ0n) is 19.1. The van der Waals surface area contributed by atoms with E-state index in [1.54, 1.807) is 0 Å². The SMILES string of the molecule is C[Si](C)(C)OC1COC(O[Si](C)(C)C)C(O[Si](C)(C)C)C1O[Si](C)(C)C. The molecular formula is C17H42O5Si4. The lowest BCUT2D eigenvalue weighted by Crippen LogP contribution is -2.63. The molecule has 0 aromatic carbocycles. The highest BCUT2D eigenvalue weighted by Gasteiger charge is 2.48. The van der Waals surface area contributed by atoms with Crippen molar-refractivity contribution in [2.24, 2.45) is 0 Å². The van der Waals surface area contributed by atoms with Crippen molar-refractivity contribution >= 4 is 33.3 Å². The van der Waals surface area contributed by atoms with Crippen molar-refractivity contribution in [1.82, 2.24) is 0 Å². The Hall–Kier alpha value is 0.668. The molecule has 4 unspecified atom stereocenters. The minimum atomic E-state index is -1.82. The highest BCUT2D eigenvalue weighted by atomic mass is 28.4. The van der Waals surface area contributed by atoms with Crippen LogP contribution in [-0.2, 0) is 22.4 Å². The summed E-state index contributed by atoms with van der Waals surface area (Å²) >= 11 is 0. The van der Waals surface area contributed by atoms with Gasteiger partial charge in [-0.3, -0.25) is 0 Å². The Morgan fingerprint density at radius 1 is 0.538 bits per heavy atom. The minimum absolute atomic E-state index is 0.101. The molecule has 1 aliphatic heterocycles. The molecule has 156 valence electrons. The van der Waals surface area contributed by atoms with E-state index in [1.165, 1.54) is 0 Å². The molecule has 0 N–H and O–H groups in total. The summed E-state index contributed by atoms with van der Waals surface area (Å²) in [6.45, 7) is 26.9. The average Bonchev–Trinajstić information content (AvgIpc) is 2.30. The van der Waals surface area contributed by atoms with Gasteiger partial charge in [-0.2, -0.15) is 0 Å². The zero-order chi connectivity index (χ0) is 20.6. The molecule has 5 nitrogen and oxygen atoms in total. The van der Waals surface area contributed by atoms with Gasteiger partial charge in [0.15, 0.2) is 39.6 Å². The predicted octanol–water partition coefficient (Wildman–Crippen LogP) is 4.85. The predicted molar refractivity (Wildman–Crippen MR) is 119 cm³/mol. The van der Waals surface area contributed by atoms with E-state index in [9.17, 15) is 0 Å². The van der Waals surface area contributed by atoms with E-state index in [4.69, 9.17) is 22.4 Å². The summed E-state index contributed by atoms with van der Waals surface area (Å²) in [6, 6.07) is 0. The summed E-state index contributed by atoms with van der Waals surface area (Å²) in [6.07, 6.45) is -0.863. The van der Waals surface area contributed by atoms with Crippen molar-refractivity contribution in [3.8, 4) is 0 Å². The van der Waals surface area contributed by atoms with Crippen molar-refractivity contribution in [3.63, 3.8) is 0 Å². The zero-order valence-corrected chi connectivity index (χ0v) is 23.1. The Balaban J connectivity index is 3.20. The van der Waals surface area contributed by atoms with Gasteiger partial charge in [0.05, 0.1) is 12.7 Å². The first kappa shape index (κ1) is 24.7. The minimum Gasteiger partial charge on any atom is -0.410 e. The van der Waals surface area contributed by atoms with E-state index in [1.807, 2.05) is 0 Å². The third-order valence-electron chi connectivity index (χ3n) is 3.34. The monoisotopic (exact) mass is 438 g/mol. The maximum absolute atomic E-state index is 6.63. The molecular weight excluding hydrogens is 397 g/mol. The number of ether oxygens (including phenoxy) is 1. The molecule has 1 fully saturated rings. The fraction of sp³-hybridized carbons (Fsp3) is 1.00. The second kappa shape index (κ2) is 8.58. The Morgan fingerprint density at radius 2 is 0.923 bits per heavy atom. The van der Waals surface area contributed by atoms with Crippen molar-refractivity contribution in [3.05, 3.63) is 0 Å². The molecule has 0 saturated carbocycles. The van der Waals surface area contributed by atoms with E-state index in [0.29, 0.717) is 6.61 Å². The normalized spacial score (nSPS) is 29.1. The Bertz CT molecular complexity index is 406. The van der Waals surface area contributed by atoms with Gasteiger partial charge in [0.1, 0.15) is 12.2 Å². The van der Waals surface area contributed by atoms with Gasteiger partial charge >= 0.3 is 0 Å². The average molecular weight is 439 g/mol. The van der Waals surface area contributed by atoms with Gasteiger partial charge in [-0.1, -0.05) is 0 Å². The summed E-state index contributed by atoms with van der Waals surface area (Å²) in [7, 11) is -7.14. The Kier molecular flexibility index (Phi) is 8.15. The largest absolute Gasteiger partial charge is 0.410 e. The van der Waals surface area contributed by atoms with E-state index in [0.717, 1.165) is 0 Å². The van der Waals surface area contributed by atoms with Crippen LogP contribution in [0.3, 0.4) is 0 Å². The van der Waals surface area contributed by atoms with Crippen LogP contribution in [0.4, 0.5) is 0 Å². The maximum atomic E-state index is 6.63. The first-order chi connectivity index (χ1) is 11.4. The van der Waals surface area contributed by atoms with E-state index in [2.05, 4.69) is 78.6 Å². The molecule has 0 bridgehead atoms. The molecule has 0 amide bonds. The van der Waals surface area contributed by atoms with Crippen LogP contribution < -0.4 is 0 Å². The van der Waals surface area contributed by atoms with Gasteiger partial charge < -0.3 is 22.4 Å². The Morgan fingerprint density at radius 3 is 1.31 bits per heavy atom. The number of hydrogen-bond acceptors (Lipinski definition) is 5. The summed E-state index contributed by atoms with van der Waals surface area (Å²) in [5.74, 6) is 0. The van der Waals surface area contributed by atoms with Crippen LogP contribution in [0, 0.1) is 0 Å². The van der Waals surface area contributed by atoms with Crippen molar-refractivity contribution in [2.45, 2.75) is 103 Å². The van der Waals surface area contributed by atoms with Crippen molar-refractivity contribution in [2.75, 3.05) is 6.61 Å². The van der Waals surface area contributed by atoms with Crippen LogP contribution in [0.5, 0.6) is 0 Å². The fourth-order valence-electron chi connectivity index (χ4n) is 2.83. The summed E-state index contributed by atoms with van der Waals surface area (Å²) < 4.78 is 32.2. The van der Waals surface area contributed by atoms with Gasteiger partial charge in [0.25, 0.3) is 0 Å². The van der Waals surface area contributed by atoms with Gasteiger partial charge in [-0.25, -0.2) is 0 Å². The molecule has 0 spiro atoms. The summed E-state index contributed by atoms with van der Waals surface area (Å²) in [4.78, 5) is 0. The van der Waals surface area contributed by atoms with Crippen LogP contribution in [0.25, 0.3) is 0 Å².